The van der Waals surface area contributed by atoms with Gasteiger partial charge in [-0.25, -0.2) is 5.01 Å². The van der Waals surface area contributed by atoms with Gasteiger partial charge in [0.05, 0.1) is 18.9 Å². The van der Waals surface area contributed by atoms with E-state index in [0.29, 0.717) is 22.8 Å². The highest BCUT2D eigenvalue weighted by atomic mass is 35.5. The highest BCUT2D eigenvalue weighted by molar-refractivity contribution is 6.31. The fourth-order valence-corrected chi connectivity index (χ4v) is 4.18. The lowest BCUT2D eigenvalue weighted by Crippen LogP contribution is -2.33. The van der Waals surface area contributed by atoms with Gasteiger partial charge in [-0.3, -0.25) is 0 Å². The van der Waals surface area contributed by atoms with Crippen LogP contribution in [0.1, 0.15) is 35.4 Å². The van der Waals surface area contributed by atoms with Gasteiger partial charge < -0.3 is 19.7 Å². The third-order valence-electron chi connectivity index (χ3n) is 5.46. The fraction of sp³-hybridized carbons (Fsp3) is 0.174. The van der Waals surface area contributed by atoms with Crippen molar-refractivity contribution < 1.29 is 19.7 Å². The predicted octanol–water partition coefficient (Wildman–Crippen LogP) is 5.00. The minimum atomic E-state index is -0.516. The van der Waals surface area contributed by atoms with E-state index in [1.54, 1.807) is 36.4 Å². The first-order valence-electron chi connectivity index (χ1n) is 9.52. The van der Waals surface area contributed by atoms with Crippen molar-refractivity contribution in [2.45, 2.75) is 18.7 Å². The zero-order chi connectivity index (χ0) is 20.8. The summed E-state index contributed by atoms with van der Waals surface area (Å²) in [5.74, 6) is 1.34. The molecule has 0 saturated carbocycles. The first-order valence-corrected chi connectivity index (χ1v) is 9.90. The van der Waals surface area contributed by atoms with E-state index in [-0.39, 0.29) is 17.5 Å². The van der Waals surface area contributed by atoms with Crippen molar-refractivity contribution in [3.63, 3.8) is 0 Å². The molecule has 2 heterocycles. The fourth-order valence-electron chi connectivity index (χ4n) is 4.00. The summed E-state index contributed by atoms with van der Waals surface area (Å²) < 4.78 is 11.6. The molecule has 0 aliphatic carbocycles. The smallest absolute Gasteiger partial charge is 0.214 e. The Hall–Kier alpha value is -3.38. The van der Waals surface area contributed by atoms with Gasteiger partial charge in [-0.15, -0.1) is 0 Å². The minimum absolute atomic E-state index is 0.0588. The maximum absolute atomic E-state index is 10.4. The highest BCUT2D eigenvalue weighted by Crippen LogP contribution is 2.48. The second-order valence-corrected chi connectivity index (χ2v) is 7.68. The van der Waals surface area contributed by atoms with Crippen LogP contribution in [0.3, 0.4) is 0 Å². The molecule has 0 amide bonds. The molecule has 0 radical (unpaired) electrons. The Balaban J connectivity index is 1.62. The lowest BCUT2D eigenvalue weighted by atomic mass is 9.95. The molecule has 6 nitrogen and oxygen atoms in total. The zero-order valence-electron chi connectivity index (χ0n) is 16.1. The van der Waals surface area contributed by atoms with E-state index in [1.807, 2.05) is 29.3 Å². The first kappa shape index (κ1) is 18.6. The summed E-state index contributed by atoms with van der Waals surface area (Å²) >= 11 is 6.16. The number of fused-ring (bicyclic) bond motifs is 3. The molecule has 3 aromatic rings. The SMILES string of the molecule is COc1cc([C@H]2Oc3ccccc3[C@H]3CC(c4cc(Cl)ccc4O)=NN32)ccc1O. The van der Waals surface area contributed by atoms with Crippen molar-refractivity contribution in [2.24, 2.45) is 5.10 Å². The number of para-hydroxylation sites is 1. The van der Waals surface area contributed by atoms with Crippen LogP contribution in [-0.2, 0) is 0 Å². The van der Waals surface area contributed by atoms with Crippen LogP contribution >= 0.6 is 11.6 Å². The van der Waals surface area contributed by atoms with Crippen molar-refractivity contribution in [3.05, 3.63) is 82.4 Å². The van der Waals surface area contributed by atoms with Gasteiger partial charge in [0, 0.05) is 28.1 Å². The third kappa shape index (κ3) is 3.00. The number of ether oxygens (including phenoxy) is 2. The molecule has 2 N–H and O–H groups in total. The topological polar surface area (TPSA) is 74.5 Å². The van der Waals surface area contributed by atoms with Crippen LogP contribution in [0.2, 0.25) is 5.02 Å². The van der Waals surface area contributed by atoms with Crippen LogP contribution in [0.15, 0.2) is 65.8 Å². The number of rotatable bonds is 3. The van der Waals surface area contributed by atoms with Gasteiger partial charge >= 0.3 is 0 Å². The number of hydrogen-bond acceptors (Lipinski definition) is 6. The Morgan fingerprint density at radius 3 is 2.70 bits per heavy atom. The molecule has 30 heavy (non-hydrogen) atoms. The normalized spacial score (nSPS) is 19.5. The van der Waals surface area contributed by atoms with E-state index in [1.165, 1.54) is 7.11 Å². The molecule has 7 heteroatoms. The third-order valence-corrected chi connectivity index (χ3v) is 5.69. The average molecular weight is 423 g/mol. The number of hydrazone groups is 1. The second kappa shape index (κ2) is 7.15. The molecular formula is C23H19ClN2O4. The molecule has 0 bridgehead atoms. The molecule has 0 unspecified atom stereocenters. The summed E-state index contributed by atoms with van der Waals surface area (Å²) in [6.07, 6.45) is 0.0817. The van der Waals surface area contributed by atoms with Gasteiger partial charge in [-0.05, 0) is 42.5 Å². The standard InChI is InChI=1S/C23H19ClN2O4/c1-29-22-10-13(6-8-20(22)28)23-26-18(15-4-2-3-5-21(15)30-23)12-17(25-26)16-11-14(24)7-9-19(16)27/h2-11,18,23,27-28H,12H2,1H3/t18-,23-/m1/s1. The summed E-state index contributed by atoms with van der Waals surface area (Å²) in [6.45, 7) is 0. The summed E-state index contributed by atoms with van der Waals surface area (Å²) in [7, 11) is 1.51. The summed E-state index contributed by atoms with van der Waals surface area (Å²) in [4.78, 5) is 0. The van der Waals surface area contributed by atoms with Gasteiger partial charge in [-0.2, -0.15) is 5.10 Å². The summed E-state index contributed by atoms with van der Waals surface area (Å²) in [6, 6.07) is 17.9. The van der Waals surface area contributed by atoms with Crippen LogP contribution < -0.4 is 9.47 Å². The molecule has 2 atom stereocenters. The molecule has 0 aromatic heterocycles. The number of benzene rings is 3. The Morgan fingerprint density at radius 2 is 1.87 bits per heavy atom. The van der Waals surface area contributed by atoms with Gasteiger partial charge in [0.15, 0.2) is 11.5 Å². The number of nitrogens with zero attached hydrogens (tertiary/aromatic N) is 2. The van der Waals surface area contributed by atoms with Crippen molar-refractivity contribution in [1.82, 2.24) is 5.01 Å². The zero-order valence-corrected chi connectivity index (χ0v) is 16.9. The number of methoxy groups -OCH3 is 1. The summed E-state index contributed by atoms with van der Waals surface area (Å²) in [5.41, 5.74) is 3.16. The second-order valence-electron chi connectivity index (χ2n) is 7.25. The van der Waals surface area contributed by atoms with Crippen molar-refractivity contribution in [1.29, 1.82) is 0 Å². The Bertz CT molecular complexity index is 1160. The molecule has 152 valence electrons. The van der Waals surface area contributed by atoms with Gasteiger partial charge in [0.25, 0.3) is 0 Å². The van der Waals surface area contributed by atoms with E-state index in [0.717, 1.165) is 22.6 Å². The number of phenols is 2. The first-order chi connectivity index (χ1) is 14.5. The van der Waals surface area contributed by atoms with Gasteiger partial charge in [0.2, 0.25) is 6.23 Å². The monoisotopic (exact) mass is 422 g/mol. The van der Waals surface area contributed by atoms with E-state index in [9.17, 15) is 10.2 Å². The number of phenolic OH excluding ortho intramolecular Hbond substituents is 2. The minimum Gasteiger partial charge on any atom is -0.507 e. The Morgan fingerprint density at radius 1 is 1.07 bits per heavy atom. The molecule has 5 rings (SSSR count). The largest absolute Gasteiger partial charge is 0.507 e. The maximum atomic E-state index is 10.4. The van der Waals surface area contributed by atoms with Crippen LogP contribution in [0.25, 0.3) is 0 Å². The molecule has 0 saturated heterocycles. The summed E-state index contributed by atoms with van der Waals surface area (Å²) in [5, 5.41) is 27.6. The average Bonchev–Trinajstić information content (AvgIpc) is 3.21. The van der Waals surface area contributed by atoms with E-state index >= 15 is 0 Å². The van der Waals surface area contributed by atoms with Crippen molar-refractivity contribution in [3.8, 4) is 23.0 Å². The maximum Gasteiger partial charge on any atom is 0.214 e. The van der Waals surface area contributed by atoms with Crippen LogP contribution in [-0.4, -0.2) is 28.0 Å². The van der Waals surface area contributed by atoms with E-state index < -0.39 is 6.23 Å². The molecule has 2 aliphatic rings. The molecule has 0 spiro atoms. The molecule has 0 fully saturated rings. The molecule has 2 aliphatic heterocycles. The predicted molar refractivity (Wildman–Crippen MR) is 113 cm³/mol. The van der Waals surface area contributed by atoms with Gasteiger partial charge in [-0.1, -0.05) is 29.8 Å². The number of aromatic hydroxyl groups is 2. The number of halogens is 1. The number of hydrogen-bond donors (Lipinski definition) is 2. The quantitative estimate of drug-likeness (QED) is 0.621. The van der Waals surface area contributed by atoms with Crippen molar-refractivity contribution in [2.75, 3.05) is 7.11 Å². The van der Waals surface area contributed by atoms with E-state index in [4.69, 9.17) is 26.2 Å². The highest BCUT2D eigenvalue weighted by Gasteiger charge is 2.41. The lowest BCUT2D eigenvalue weighted by molar-refractivity contribution is -0.0191. The van der Waals surface area contributed by atoms with Crippen LogP contribution in [0.4, 0.5) is 0 Å². The van der Waals surface area contributed by atoms with Crippen LogP contribution in [0.5, 0.6) is 23.0 Å². The lowest BCUT2D eigenvalue weighted by Gasteiger charge is -2.38. The molecular weight excluding hydrogens is 404 g/mol. The van der Waals surface area contributed by atoms with Crippen molar-refractivity contribution >= 4 is 17.3 Å². The van der Waals surface area contributed by atoms with E-state index in [2.05, 4.69) is 0 Å². The van der Waals surface area contributed by atoms with Gasteiger partial charge in [0.1, 0.15) is 11.5 Å². The Kier molecular flexibility index (Phi) is 4.44. The molecule has 3 aromatic carbocycles. The Labute approximate surface area is 178 Å². The van der Waals surface area contributed by atoms with Crippen LogP contribution in [0, 0.1) is 0 Å².